The maximum Gasteiger partial charge on any atom is 0.234 e. The summed E-state index contributed by atoms with van der Waals surface area (Å²) in [5.41, 5.74) is 3.07. The van der Waals surface area contributed by atoms with Crippen LogP contribution in [0.5, 0.6) is 0 Å². The fourth-order valence-corrected chi connectivity index (χ4v) is 2.58. The average Bonchev–Trinajstić information content (AvgIpc) is 2.47. The molecule has 3 nitrogen and oxygen atoms in total. The standard InChI is InChI=1S/C17H19NO2S/c1-13-6-8-16(9-7-13)21-12-17(19)18-15-5-3-4-14(10-15)11-20-2/h3-10H,11-12H2,1-2H3,(H,18,19). The van der Waals surface area contributed by atoms with Crippen molar-refractivity contribution in [1.82, 2.24) is 0 Å². The number of carbonyl (C=O) groups is 1. The molecule has 0 bridgehead atoms. The summed E-state index contributed by atoms with van der Waals surface area (Å²) in [6.07, 6.45) is 0. The maximum atomic E-state index is 12.0. The zero-order valence-corrected chi connectivity index (χ0v) is 13.1. The summed E-state index contributed by atoms with van der Waals surface area (Å²) in [4.78, 5) is 13.1. The molecule has 0 fully saturated rings. The van der Waals surface area contributed by atoms with Crippen LogP contribution >= 0.6 is 11.8 Å². The predicted octanol–water partition coefficient (Wildman–Crippen LogP) is 3.87. The van der Waals surface area contributed by atoms with Crippen molar-refractivity contribution in [3.05, 3.63) is 59.7 Å². The highest BCUT2D eigenvalue weighted by Crippen LogP contribution is 2.19. The molecular weight excluding hydrogens is 282 g/mol. The van der Waals surface area contributed by atoms with Crippen molar-refractivity contribution in [1.29, 1.82) is 0 Å². The quantitative estimate of drug-likeness (QED) is 0.823. The minimum Gasteiger partial charge on any atom is -0.380 e. The van der Waals surface area contributed by atoms with E-state index in [0.717, 1.165) is 16.1 Å². The molecule has 2 aromatic carbocycles. The molecule has 4 heteroatoms. The Morgan fingerprint density at radius 1 is 1.19 bits per heavy atom. The smallest absolute Gasteiger partial charge is 0.234 e. The monoisotopic (exact) mass is 301 g/mol. The minimum atomic E-state index is -0.00450. The summed E-state index contributed by atoms with van der Waals surface area (Å²) < 4.78 is 5.09. The third-order valence-electron chi connectivity index (χ3n) is 2.91. The molecule has 1 amide bonds. The summed E-state index contributed by atoms with van der Waals surface area (Å²) in [6, 6.07) is 15.9. The summed E-state index contributed by atoms with van der Waals surface area (Å²) in [7, 11) is 1.66. The zero-order valence-electron chi connectivity index (χ0n) is 12.3. The van der Waals surface area contributed by atoms with Gasteiger partial charge < -0.3 is 10.1 Å². The van der Waals surface area contributed by atoms with Gasteiger partial charge in [-0.25, -0.2) is 0 Å². The molecule has 0 saturated heterocycles. The average molecular weight is 301 g/mol. The summed E-state index contributed by atoms with van der Waals surface area (Å²) in [5, 5.41) is 2.91. The number of methoxy groups -OCH3 is 1. The van der Waals surface area contributed by atoms with E-state index in [1.54, 1.807) is 7.11 Å². The van der Waals surface area contributed by atoms with Gasteiger partial charge in [0.05, 0.1) is 12.4 Å². The van der Waals surface area contributed by atoms with E-state index in [1.165, 1.54) is 17.3 Å². The lowest BCUT2D eigenvalue weighted by Gasteiger charge is -2.07. The summed E-state index contributed by atoms with van der Waals surface area (Å²) in [6.45, 7) is 2.59. The molecular formula is C17H19NO2S. The van der Waals surface area contributed by atoms with E-state index in [-0.39, 0.29) is 5.91 Å². The molecule has 0 radical (unpaired) electrons. The number of hydrogen-bond acceptors (Lipinski definition) is 3. The van der Waals surface area contributed by atoms with Crippen LogP contribution in [0.2, 0.25) is 0 Å². The van der Waals surface area contributed by atoms with Crippen molar-refractivity contribution in [3.8, 4) is 0 Å². The van der Waals surface area contributed by atoms with E-state index in [4.69, 9.17) is 4.74 Å². The second-order valence-corrected chi connectivity index (χ2v) is 5.83. The minimum absolute atomic E-state index is 0.00450. The number of thioether (sulfide) groups is 1. The number of aryl methyl sites for hydroxylation is 1. The zero-order chi connectivity index (χ0) is 15.1. The summed E-state index contributed by atoms with van der Waals surface area (Å²) >= 11 is 1.53. The van der Waals surface area contributed by atoms with E-state index in [2.05, 4.69) is 17.4 Å². The molecule has 0 saturated carbocycles. The fraction of sp³-hybridized carbons (Fsp3) is 0.235. The van der Waals surface area contributed by atoms with Crippen molar-refractivity contribution in [2.75, 3.05) is 18.2 Å². The third-order valence-corrected chi connectivity index (χ3v) is 3.92. The number of nitrogens with one attached hydrogen (secondary N) is 1. The molecule has 0 atom stereocenters. The van der Waals surface area contributed by atoms with Crippen LogP contribution in [-0.2, 0) is 16.1 Å². The van der Waals surface area contributed by atoms with Crippen LogP contribution in [0.15, 0.2) is 53.4 Å². The van der Waals surface area contributed by atoms with Gasteiger partial charge in [-0.3, -0.25) is 4.79 Å². The number of anilines is 1. The van der Waals surface area contributed by atoms with E-state index in [0.29, 0.717) is 12.4 Å². The van der Waals surface area contributed by atoms with E-state index < -0.39 is 0 Å². The molecule has 0 spiro atoms. The van der Waals surface area contributed by atoms with Gasteiger partial charge in [0, 0.05) is 17.7 Å². The Hall–Kier alpha value is -1.78. The molecule has 0 aromatic heterocycles. The molecule has 0 aliphatic rings. The van der Waals surface area contributed by atoms with Crippen molar-refractivity contribution >= 4 is 23.4 Å². The molecule has 2 rings (SSSR count). The van der Waals surface area contributed by atoms with E-state index in [1.807, 2.05) is 43.3 Å². The van der Waals surface area contributed by atoms with Crippen LogP contribution in [0.25, 0.3) is 0 Å². The van der Waals surface area contributed by atoms with Gasteiger partial charge in [-0.2, -0.15) is 0 Å². The van der Waals surface area contributed by atoms with Gasteiger partial charge in [0.25, 0.3) is 0 Å². The van der Waals surface area contributed by atoms with Gasteiger partial charge in [0.1, 0.15) is 0 Å². The molecule has 0 heterocycles. The Balaban J connectivity index is 1.86. The first-order valence-corrected chi connectivity index (χ1v) is 7.73. The van der Waals surface area contributed by atoms with Gasteiger partial charge >= 0.3 is 0 Å². The first-order valence-electron chi connectivity index (χ1n) is 6.74. The Bertz CT molecular complexity index is 596. The number of benzene rings is 2. The highest BCUT2D eigenvalue weighted by Gasteiger charge is 2.04. The number of rotatable bonds is 6. The van der Waals surface area contributed by atoms with Crippen LogP contribution in [0.4, 0.5) is 5.69 Å². The second-order valence-electron chi connectivity index (χ2n) is 4.78. The Morgan fingerprint density at radius 3 is 2.67 bits per heavy atom. The third kappa shape index (κ3) is 5.25. The van der Waals surface area contributed by atoms with Crippen molar-refractivity contribution in [2.45, 2.75) is 18.4 Å². The van der Waals surface area contributed by atoms with Crippen molar-refractivity contribution < 1.29 is 9.53 Å². The second kappa shape index (κ2) is 7.86. The number of ether oxygens (including phenoxy) is 1. The Kier molecular flexibility index (Phi) is 5.84. The predicted molar refractivity (Wildman–Crippen MR) is 87.7 cm³/mol. The van der Waals surface area contributed by atoms with Gasteiger partial charge in [-0.15, -0.1) is 11.8 Å². The highest BCUT2D eigenvalue weighted by molar-refractivity contribution is 8.00. The lowest BCUT2D eigenvalue weighted by Crippen LogP contribution is -2.14. The Morgan fingerprint density at radius 2 is 1.95 bits per heavy atom. The number of hydrogen-bond donors (Lipinski definition) is 1. The number of carbonyl (C=O) groups excluding carboxylic acids is 1. The van der Waals surface area contributed by atoms with Crippen molar-refractivity contribution in [3.63, 3.8) is 0 Å². The lowest BCUT2D eigenvalue weighted by molar-refractivity contribution is -0.113. The van der Waals surface area contributed by atoms with Gasteiger partial charge in [0.2, 0.25) is 5.91 Å². The largest absolute Gasteiger partial charge is 0.380 e. The van der Waals surface area contributed by atoms with Crippen LogP contribution in [-0.4, -0.2) is 18.8 Å². The SMILES string of the molecule is COCc1cccc(NC(=O)CSc2ccc(C)cc2)c1. The fourth-order valence-electron chi connectivity index (χ4n) is 1.89. The van der Waals surface area contributed by atoms with Gasteiger partial charge in [0.15, 0.2) is 0 Å². The van der Waals surface area contributed by atoms with Crippen LogP contribution < -0.4 is 5.32 Å². The molecule has 0 aliphatic carbocycles. The van der Waals surface area contributed by atoms with Crippen LogP contribution in [0.3, 0.4) is 0 Å². The van der Waals surface area contributed by atoms with Crippen LogP contribution in [0.1, 0.15) is 11.1 Å². The van der Waals surface area contributed by atoms with E-state index in [9.17, 15) is 4.79 Å². The summed E-state index contributed by atoms with van der Waals surface area (Å²) in [5.74, 6) is 0.396. The van der Waals surface area contributed by atoms with Crippen LogP contribution in [0, 0.1) is 6.92 Å². The number of amides is 1. The van der Waals surface area contributed by atoms with Gasteiger partial charge in [-0.05, 0) is 36.8 Å². The normalized spacial score (nSPS) is 10.4. The van der Waals surface area contributed by atoms with Crippen molar-refractivity contribution in [2.24, 2.45) is 0 Å². The molecule has 2 aromatic rings. The first kappa shape index (κ1) is 15.6. The topological polar surface area (TPSA) is 38.3 Å². The Labute approximate surface area is 129 Å². The highest BCUT2D eigenvalue weighted by atomic mass is 32.2. The molecule has 0 unspecified atom stereocenters. The molecule has 21 heavy (non-hydrogen) atoms. The molecule has 110 valence electrons. The molecule has 0 aliphatic heterocycles. The molecule has 1 N–H and O–H groups in total. The maximum absolute atomic E-state index is 12.0. The van der Waals surface area contributed by atoms with E-state index >= 15 is 0 Å². The lowest BCUT2D eigenvalue weighted by atomic mass is 10.2. The first-order chi connectivity index (χ1) is 10.2. The van der Waals surface area contributed by atoms with Gasteiger partial charge in [-0.1, -0.05) is 29.8 Å².